The van der Waals surface area contributed by atoms with Gasteiger partial charge in [-0.2, -0.15) is 0 Å². The van der Waals surface area contributed by atoms with Crippen molar-refractivity contribution in [3.8, 4) is 11.3 Å². The number of hydrogen-bond donors (Lipinski definition) is 0. The monoisotopic (exact) mass is 325 g/mol. The van der Waals surface area contributed by atoms with Crippen LogP contribution >= 0.6 is 0 Å². The van der Waals surface area contributed by atoms with Crippen LogP contribution in [-0.2, 0) is 6.54 Å². The molecule has 0 bridgehead atoms. The minimum atomic E-state index is 0.890. The Hall–Kier alpha value is -3.07. The lowest BCUT2D eigenvalue weighted by Gasteiger charge is -2.06. The first kappa shape index (κ1) is 14.3. The Balaban J connectivity index is 1.85. The van der Waals surface area contributed by atoms with Gasteiger partial charge in [0.15, 0.2) is 0 Å². The maximum Gasteiger partial charge on any atom is 0.215 e. The second-order valence-corrected chi connectivity index (χ2v) is 6.56. The van der Waals surface area contributed by atoms with Crippen molar-refractivity contribution < 1.29 is 0 Å². The molecule has 0 spiro atoms. The lowest BCUT2D eigenvalue weighted by Crippen LogP contribution is -1.97. The summed E-state index contributed by atoms with van der Waals surface area (Å²) in [6, 6.07) is 21.5. The minimum Gasteiger partial charge on any atom is -0.310 e. The molecule has 0 fully saturated rings. The fourth-order valence-corrected chi connectivity index (χ4v) is 3.70. The van der Waals surface area contributed by atoms with Crippen LogP contribution in [0.5, 0.6) is 0 Å². The average Bonchev–Trinajstić information content (AvgIpc) is 3.18. The maximum absolute atomic E-state index is 5.00. The van der Waals surface area contributed by atoms with Crippen LogP contribution in [0.3, 0.4) is 0 Å². The van der Waals surface area contributed by atoms with Gasteiger partial charge < -0.3 is 4.57 Å². The summed E-state index contributed by atoms with van der Waals surface area (Å²) in [7, 11) is 0. The van der Waals surface area contributed by atoms with Gasteiger partial charge in [-0.1, -0.05) is 60.2 Å². The zero-order valence-electron chi connectivity index (χ0n) is 14.4. The maximum atomic E-state index is 5.00. The standard InChI is InChI=1S/C22H19N3/c1-3-24-20(17-10-8-15(2)9-11-17)14-25-19-13-12-16-6-4-5-7-18(16)21(19)23-22(24)25/h4-14H,3H2,1-2H3. The summed E-state index contributed by atoms with van der Waals surface area (Å²) in [6.45, 7) is 5.18. The number of benzene rings is 3. The van der Waals surface area contributed by atoms with Crippen molar-refractivity contribution in [2.24, 2.45) is 0 Å². The van der Waals surface area contributed by atoms with E-state index >= 15 is 0 Å². The Morgan fingerprint density at radius 3 is 2.52 bits per heavy atom. The van der Waals surface area contributed by atoms with Gasteiger partial charge >= 0.3 is 0 Å². The van der Waals surface area contributed by atoms with Crippen LogP contribution in [0.2, 0.25) is 0 Å². The largest absolute Gasteiger partial charge is 0.310 e. The molecule has 0 aliphatic rings. The SMILES string of the molecule is CCn1c(-c2ccc(C)cc2)cn2c3ccc4ccccc4c3nc12. The molecule has 0 aliphatic heterocycles. The topological polar surface area (TPSA) is 22.2 Å². The first-order valence-corrected chi connectivity index (χ1v) is 8.72. The van der Waals surface area contributed by atoms with Gasteiger partial charge in [-0.25, -0.2) is 4.98 Å². The van der Waals surface area contributed by atoms with E-state index in [0.717, 1.165) is 23.4 Å². The van der Waals surface area contributed by atoms with Crippen molar-refractivity contribution >= 4 is 27.6 Å². The number of fused-ring (bicyclic) bond motifs is 5. The Morgan fingerprint density at radius 1 is 0.920 bits per heavy atom. The van der Waals surface area contributed by atoms with E-state index in [1.165, 1.54) is 27.6 Å². The highest BCUT2D eigenvalue weighted by Crippen LogP contribution is 2.30. The van der Waals surface area contributed by atoms with E-state index in [2.05, 4.69) is 89.7 Å². The Kier molecular flexibility index (Phi) is 2.98. The van der Waals surface area contributed by atoms with Crippen molar-refractivity contribution in [2.75, 3.05) is 0 Å². The molecule has 5 aromatic rings. The van der Waals surface area contributed by atoms with E-state index < -0.39 is 0 Å². The van der Waals surface area contributed by atoms with Gasteiger partial charge in [0.2, 0.25) is 5.78 Å². The third-order valence-corrected chi connectivity index (χ3v) is 5.01. The van der Waals surface area contributed by atoms with Gasteiger partial charge in [0.25, 0.3) is 0 Å². The molecule has 2 aromatic heterocycles. The summed E-state index contributed by atoms with van der Waals surface area (Å²) in [5, 5.41) is 2.45. The predicted octanol–water partition coefficient (Wildman–Crippen LogP) is 5.44. The first-order chi connectivity index (χ1) is 12.3. The van der Waals surface area contributed by atoms with Gasteiger partial charge in [-0.15, -0.1) is 0 Å². The molecule has 0 unspecified atom stereocenters. The van der Waals surface area contributed by atoms with Crippen molar-refractivity contribution in [1.82, 2.24) is 14.0 Å². The van der Waals surface area contributed by atoms with E-state index in [1.54, 1.807) is 0 Å². The van der Waals surface area contributed by atoms with Crippen molar-refractivity contribution in [1.29, 1.82) is 0 Å². The normalized spacial score (nSPS) is 11.8. The van der Waals surface area contributed by atoms with Crippen LogP contribution in [0.4, 0.5) is 0 Å². The van der Waals surface area contributed by atoms with E-state index in [4.69, 9.17) is 4.98 Å². The van der Waals surface area contributed by atoms with Crippen molar-refractivity contribution in [2.45, 2.75) is 20.4 Å². The Labute approximate surface area is 146 Å². The molecule has 0 saturated heterocycles. The van der Waals surface area contributed by atoms with E-state index in [9.17, 15) is 0 Å². The summed E-state index contributed by atoms with van der Waals surface area (Å²) < 4.78 is 4.51. The van der Waals surface area contributed by atoms with E-state index in [0.29, 0.717) is 0 Å². The lowest BCUT2D eigenvalue weighted by atomic mass is 10.1. The van der Waals surface area contributed by atoms with Gasteiger partial charge in [-0.05, 0) is 30.9 Å². The molecule has 0 radical (unpaired) electrons. The number of aryl methyl sites for hydroxylation is 2. The Bertz CT molecular complexity index is 1220. The number of nitrogens with zero attached hydrogens (tertiary/aromatic N) is 3. The zero-order chi connectivity index (χ0) is 17.0. The Morgan fingerprint density at radius 2 is 1.72 bits per heavy atom. The summed E-state index contributed by atoms with van der Waals surface area (Å²) in [5.41, 5.74) is 5.95. The molecule has 0 aliphatic carbocycles. The summed E-state index contributed by atoms with van der Waals surface area (Å²) >= 11 is 0. The molecule has 0 N–H and O–H groups in total. The molecular formula is C22H19N3. The molecule has 0 amide bonds. The highest BCUT2D eigenvalue weighted by Gasteiger charge is 2.15. The van der Waals surface area contributed by atoms with Gasteiger partial charge in [0, 0.05) is 18.1 Å². The predicted molar refractivity (Wildman–Crippen MR) is 104 cm³/mol. The van der Waals surface area contributed by atoms with Crippen LogP contribution in [0.1, 0.15) is 12.5 Å². The smallest absolute Gasteiger partial charge is 0.215 e. The third kappa shape index (κ3) is 2.02. The summed E-state index contributed by atoms with van der Waals surface area (Å²) in [4.78, 5) is 5.00. The quantitative estimate of drug-likeness (QED) is 0.424. The molecule has 25 heavy (non-hydrogen) atoms. The van der Waals surface area contributed by atoms with Crippen LogP contribution in [0.15, 0.2) is 66.9 Å². The zero-order valence-corrected chi connectivity index (χ0v) is 14.4. The fourth-order valence-electron chi connectivity index (χ4n) is 3.70. The van der Waals surface area contributed by atoms with Crippen LogP contribution < -0.4 is 0 Å². The number of aromatic nitrogens is 3. The lowest BCUT2D eigenvalue weighted by molar-refractivity contribution is 0.790. The first-order valence-electron chi connectivity index (χ1n) is 8.72. The minimum absolute atomic E-state index is 0.890. The van der Waals surface area contributed by atoms with Crippen molar-refractivity contribution in [3.05, 3.63) is 72.4 Å². The van der Waals surface area contributed by atoms with E-state index in [-0.39, 0.29) is 0 Å². The van der Waals surface area contributed by atoms with Crippen LogP contribution in [0, 0.1) is 6.92 Å². The third-order valence-electron chi connectivity index (χ3n) is 5.01. The average molecular weight is 325 g/mol. The van der Waals surface area contributed by atoms with Crippen LogP contribution in [0.25, 0.3) is 38.8 Å². The molecule has 0 saturated carbocycles. The highest BCUT2D eigenvalue weighted by molar-refractivity contribution is 6.05. The van der Waals surface area contributed by atoms with E-state index in [1.807, 2.05) is 0 Å². The summed E-state index contributed by atoms with van der Waals surface area (Å²) in [5.74, 6) is 1.00. The molecular weight excluding hydrogens is 306 g/mol. The molecule has 0 atom stereocenters. The number of hydrogen-bond acceptors (Lipinski definition) is 1. The number of imidazole rings is 2. The second kappa shape index (κ2) is 5.21. The molecule has 3 nitrogen and oxygen atoms in total. The molecule has 5 rings (SSSR count). The van der Waals surface area contributed by atoms with Gasteiger partial charge in [-0.3, -0.25) is 4.40 Å². The van der Waals surface area contributed by atoms with Crippen molar-refractivity contribution in [3.63, 3.8) is 0 Å². The molecule has 122 valence electrons. The van der Waals surface area contributed by atoms with Crippen LogP contribution in [-0.4, -0.2) is 14.0 Å². The van der Waals surface area contributed by atoms with Gasteiger partial charge in [0.05, 0.1) is 16.7 Å². The second-order valence-electron chi connectivity index (χ2n) is 6.56. The highest BCUT2D eigenvalue weighted by atomic mass is 15.2. The number of rotatable bonds is 2. The molecule has 3 heteroatoms. The fraction of sp³-hybridized carbons (Fsp3) is 0.136. The summed E-state index contributed by atoms with van der Waals surface area (Å²) in [6.07, 6.45) is 2.22. The molecule has 3 aromatic carbocycles. The molecule has 2 heterocycles. The van der Waals surface area contributed by atoms with Gasteiger partial charge in [0.1, 0.15) is 0 Å².